The number of sulfonamides is 1. The molecule has 0 heterocycles. The number of anilines is 1. The van der Waals surface area contributed by atoms with Crippen molar-refractivity contribution in [1.82, 2.24) is 10.2 Å². The Hall–Kier alpha value is -3.27. The van der Waals surface area contributed by atoms with Crippen molar-refractivity contribution in [3.05, 3.63) is 88.4 Å². The Kier molecular flexibility index (Phi) is 11.2. The lowest BCUT2D eigenvalue weighted by atomic mass is 10.1. The number of hydrogen-bond donors (Lipinski definition) is 1. The van der Waals surface area contributed by atoms with Crippen molar-refractivity contribution < 1.29 is 22.7 Å². The molecule has 0 aliphatic rings. The van der Waals surface area contributed by atoms with Gasteiger partial charge in [-0.15, -0.1) is 0 Å². The van der Waals surface area contributed by atoms with E-state index >= 15 is 0 Å². The van der Waals surface area contributed by atoms with E-state index in [0.29, 0.717) is 34.5 Å². The number of carbonyl (C=O) groups is 2. The number of carbonyl (C=O) groups excluding carboxylic acids is 2. The van der Waals surface area contributed by atoms with E-state index in [2.05, 4.69) is 5.32 Å². The van der Waals surface area contributed by atoms with E-state index in [1.54, 1.807) is 55.5 Å². The largest absolute Gasteiger partial charge is 0.494 e. The van der Waals surface area contributed by atoms with Gasteiger partial charge in [-0.1, -0.05) is 48.3 Å². The van der Waals surface area contributed by atoms with Crippen LogP contribution in [0, 0.1) is 0 Å². The molecule has 0 fully saturated rings. The van der Waals surface area contributed by atoms with Gasteiger partial charge in [-0.3, -0.25) is 13.9 Å². The van der Waals surface area contributed by atoms with E-state index in [0.717, 1.165) is 10.7 Å². The van der Waals surface area contributed by atoms with Crippen LogP contribution in [-0.4, -0.2) is 50.9 Å². The van der Waals surface area contributed by atoms with Gasteiger partial charge < -0.3 is 15.0 Å². The van der Waals surface area contributed by atoms with Crippen LogP contribution < -0.4 is 14.4 Å². The predicted molar refractivity (Wildman–Crippen MR) is 158 cm³/mol. The predicted octanol–water partition coefficient (Wildman–Crippen LogP) is 5.53. The molecule has 0 aliphatic carbocycles. The van der Waals surface area contributed by atoms with Crippen LogP contribution in [0.3, 0.4) is 0 Å². The first-order valence-corrected chi connectivity index (χ1v) is 15.1. The van der Waals surface area contributed by atoms with Gasteiger partial charge in [0.15, 0.2) is 0 Å². The smallest absolute Gasteiger partial charge is 0.264 e. The number of nitrogens with zero attached hydrogens (tertiary/aromatic N) is 2. The lowest BCUT2D eigenvalue weighted by Crippen LogP contribution is -2.51. The molecule has 0 spiro atoms. The summed E-state index contributed by atoms with van der Waals surface area (Å²) in [5, 5.41) is 3.61. The fourth-order valence-corrected chi connectivity index (χ4v) is 5.66. The second-order valence-electron chi connectivity index (χ2n) is 8.97. The molecule has 0 unspecified atom stereocenters. The fourth-order valence-electron chi connectivity index (χ4n) is 3.93. The molecule has 3 rings (SSSR count). The van der Waals surface area contributed by atoms with Gasteiger partial charge in [0.05, 0.1) is 17.2 Å². The van der Waals surface area contributed by atoms with Crippen LogP contribution in [0.1, 0.15) is 32.8 Å². The van der Waals surface area contributed by atoms with Crippen molar-refractivity contribution in [2.24, 2.45) is 0 Å². The Labute approximate surface area is 245 Å². The first-order valence-electron chi connectivity index (χ1n) is 12.9. The van der Waals surface area contributed by atoms with Crippen molar-refractivity contribution in [3.8, 4) is 5.75 Å². The molecule has 1 N–H and O–H groups in total. The molecule has 0 bridgehead atoms. The zero-order valence-corrected chi connectivity index (χ0v) is 25.0. The Morgan fingerprint density at radius 1 is 0.950 bits per heavy atom. The van der Waals surface area contributed by atoms with Crippen LogP contribution in [0.4, 0.5) is 5.69 Å². The van der Waals surface area contributed by atoms with E-state index in [-0.39, 0.29) is 23.0 Å². The number of halogens is 2. The van der Waals surface area contributed by atoms with Crippen LogP contribution in [0.25, 0.3) is 0 Å². The van der Waals surface area contributed by atoms with Crippen molar-refractivity contribution in [1.29, 1.82) is 0 Å². The van der Waals surface area contributed by atoms with Crippen molar-refractivity contribution >= 4 is 50.7 Å². The first kappa shape index (κ1) is 31.3. The van der Waals surface area contributed by atoms with Gasteiger partial charge in [0.2, 0.25) is 11.8 Å². The number of hydrogen-bond acceptors (Lipinski definition) is 5. The van der Waals surface area contributed by atoms with Gasteiger partial charge in [-0.25, -0.2) is 8.42 Å². The van der Waals surface area contributed by atoms with Crippen LogP contribution in [0.15, 0.2) is 77.7 Å². The van der Waals surface area contributed by atoms with E-state index in [9.17, 15) is 18.0 Å². The number of rotatable bonds is 13. The lowest BCUT2D eigenvalue weighted by Gasteiger charge is -2.32. The van der Waals surface area contributed by atoms with E-state index < -0.39 is 28.5 Å². The third-order valence-corrected chi connectivity index (χ3v) is 8.54. The second kappa shape index (κ2) is 14.4. The van der Waals surface area contributed by atoms with Crippen molar-refractivity contribution in [2.45, 2.75) is 44.7 Å². The molecular formula is C29H33Cl2N3O5S. The molecule has 214 valence electrons. The minimum atomic E-state index is -4.21. The van der Waals surface area contributed by atoms with E-state index in [4.69, 9.17) is 27.9 Å². The monoisotopic (exact) mass is 605 g/mol. The fraction of sp³-hybridized carbons (Fsp3) is 0.310. The van der Waals surface area contributed by atoms with Gasteiger partial charge >= 0.3 is 0 Å². The van der Waals surface area contributed by atoms with Crippen LogP contribution >= 0.6 is 23.2 Å². The van der Waals surface area contributed by atoms with Gasteiger partial charge in [0, 0.05) is 23.1 Å². The summed E-state index contributed by atoms with van der Waals surface area (Å²) in [4.78, 5) is 28.1. The quantitative estimate of drug-likeness (QED) is 0.276. The van der Waals surface area contributed by atoms with Gasteiger partial charge in [-0.05, 0) is 80.4 Å². The average molecular weight is 607 g/mol. The van der Waals surface area contributed by atoms with Crippen LogP contribution in [0.5, 0.6) is 5.75 Å². The number of amides is 2. The molecule has 0 aliphatic heterocycles. The molecule has 8 nitrogen and oxygen atoms in total. The Balaban J connectivity index is 2.03. The van der Waals surface area contributed by atoms with Gasteiger partial charge in [0.1, 0.15) is 18.3 Å². The maximum atomic E-state index is 13.9. The maximum absolute atomic E-state index is 13.9. The van der Waals surface area contributed by atoms with E-state index in [1.165, 1.54) is 29.2 Å². The first-order chi connectivity index (χ1) is 19.1. The summed E-state index contributed by atoms with van der Waals surface area (Å²) in [6.07, 6.45) is 0.724. The molecule has 2 amide bonds. The number of benzene rings is 3. The number of nitrogens with one attached hydrogen (secondary N) is 1. The molecule has 0 radical (unpaired) electrons. The molecule has 0 saturated heterocycles. The summed E-state index contributed by atoms with van der Waals surface area (Å²) >= 11 is 12.4. The number of ether oxygens (including phenoxy) is 1. The zero-order chi connectivity index (χ0) is 29.3. The third kappa shape index (κ3) is 7.90. The maximum Gasteiger partial charge on any atom is 0.264 e. The molecule has 0 saturated carbocycles. The normalized spacial score (nSPS) is 11.9. The summed E-state index contributed by atoms with van der Waals surface area (Å²) in [6, 6.07) is 18.2. The summed E-state index contributed by atoms with van der Waals surface area (Å²) < 4.78 is 34.2. The van der Waals surface area contributed by atoms with Crippen LogP contribution in [0.2, 0.25) is 10.0 Å². The molecular weight excluding hydrogens is 573 g/mol. The van der Waals surface area contributed by atoms with Gasteiger partial charge in [0.25, 0.3) is 10.0 Å². The molecule has 11 heteroatoms. The Morgan fingerprint density at radius 3 is 2.20 bits per heavy atom. The van der Waals surface area contributed by atoms with Gasteiger partial charge in [-0.2, -0.15) is 0 Å². The highest BCUT2D eigenvalue weighted by Crippen LogP contribution is 2.28. The Morgan fingerprint density at radius 2 is 1.60 bits per heavy atom. The SMILES string of the molecule is CCCNC(=O)[C@@H](C)N(Cc1ccccc1Cl)C(=O)CN(c1ccc(OCC)cc1)S(=O)(=O)c1ccc(Cl)cc1. The summed E-state index contributed by atoms with van der Waals surface area (Å²) in [7, 11) is -4.21. The topological polar surface area (TPSA) is 96.0 Å². The molecule has 1 atom stereocenters. The average Bonchev–Trinajstić information content (AvgIpc) is 2.94. The lowest BCUT2D eigenvalue weighted by molar-refractivity contribution is -0.139. The molecule has 3 aromatic rings. The molecule has 40 heavy (non-hydrogen) atoms. The highest BCUT2D eigenvalue weighted by molar-refractivity contribution is 7.92. The standard InChI is InChI=1S/C29H33Cl2N3O5S/c1-4-18-32-29(36)21(3)33(19-22-8-6-7-9-27(22)31)28(35)20-34(24-12-14-25(15-13-24)39-5-2)40(37,38)26-16-10-23(30)11-17-26/h6-17,21H,4-5,18-20H2,1-3H3,(H,32,36)/t21-/m1/s1. The van der Waals surface area contributed by atoms with E-state index in [1.807, 2.05) is 13.8 Å². The molecule has 3 aromatic carbocycles. The van der Waals surface area contributed by atoms with Crippen molar-refractivity contribution in [3.63, 3.8) is 0 Å². The third-order valence-electron chi connectivity index (χ3n) is 6.13. The zero-order valence-electron chi connectivity index (χ0n) is 22.6. The summed E-state index contributed by atoms with van der Waals surface area (Å²) in [5.74, 6) is -0.371. The van der Waals surface area contributed by atoms with Crippen molar-refractivity contribution in [2.75, 3.05) is 24.0 Å². The minimum Gasteiger partial charge on any atom is -0.494 e. The highest BCUT2D eigenvalue weighted by Gasteiger charge is 2.32. The second-order valence-corrected chi connectivity index (χ2v) is 11.7. The summed E-state index contributed by atoms with van der Waals surface area (Å²) in [5.41, 5.74) is 0.883. The Bertz CT molecular complexity index is 1400. The minimum absolute atomic E-state index is 0.0112. The summed E-state index contributed by atoms with van der Waals surface area (Å²) in [6.45, 7) is 5.71. The molecule has 0 aromatic heterocycles. The highest BCUT2D eigenvalue weighted by atomic mass is 35.5. The van der Waals surface area contributed by atoms with Crippen LogP contribution in [-0.2, 0) is 26.2 Å².